The van der Waals surface area contributed by atoms with Crippen LogP contribution in [0.2, 0.25) is 0 Å². The van der Waals surface area contributed by atoms with E-state index in [9.17, 15) is 0 Å². The van der Waals surface area contributed by atoms with Gasteiger partial charge in [-0.05, 0) is 30.5 Å². The molecule has 0 amide bonds. The van der Waals surface area contributed by atoms with E-state index in [4.69, 9.17) is 5.73 Å². The highest BCUT2D eigenvalue weighted by Crippen LogP contribution is 2.32. The van der Waals surface area contributed by atoms with E-state index in [0.29, 0.717) is 5.92 Å². The van der Waals surface area contributed by atoms with Crippen molar-refractivity contribution in [3.63, 3.8) is 0 Å². The molecule has 0 radical (unpaired) electrons. The normalized spacial score (nSPS) is 16.6. The van der Waals surface area contributed by atoms with Crippen LogP contribution in [0.1, 0.15) is 49.3 Å². The SMILES string of the molecule is Nc1ccc(Cn2cncc2C2CCCCC2)cc1. The van der Waals surface area contributed by atoms with Crippen molar-refractivity contribution in [1.29, 1.82) is 0 Å². The molecule has 0 spiro atoms. The number of hydrogen-bond donors (Lipinski definition) is 1. The minimum Gasteiger partial charge on any atom is -0.399 e. The largest absolute Gasteiger partial charge is 0.399 e. The van der Waals surface area contributed by atoms with Crippen LogP contribution in [0.5, 0.6) is 0 Å². The second-order valence-electron chi connectivity index (χ2n) is 5.52. The Kier molecular flexibility index (Phi) is 3.53. The van der Waals surface area contributed by atoms with Gasteiger partial charge in [0.25, 0.3) is 0 Å². The summed E-state index contributed by atoms with van der Waals surface area (Å²) < 4.78 is 2.29. The molecule has 1 aliphatic rings. The lowest BCUT2D eigenvalue weighted by Crippen LogP contribution is -2.11. The third-order valence-electron chi connectivity index (χ3n) is 4.10. The summed E-state index contributed by atoms with van der Waals surface area (Å²) in [6.45, 7) is 0.895. The summed E-state index contributed by atoms with van der Waals surface area (Å²) in [5.41, 5.74) is 9.23. The first-order valence-electron chi connectivity index (χ1n) is 7.17. The zero-order valence-electron chi connectivity index (χ0n) is 11.3. The smallest absolute Gasteiger partial charge is 0.0951 e. The van der Waals surface area contributed by atoms with Gasteiger partial charge in [0.2, 0.25) is 0 Å². The Hall–Kier alpha value is -1.77. The van der Waals surface area contributed by atoms with E-state index < -0.39 is 0 Å². The summed E-state index contributed by atoms with van der Waals surface area (Å²) in [6.07, 6.45) is 10.7. The molecule has 3 heteroatoms. The van der Waals surface area contributed by atoms with E-state index in [-0.39, 0.29) is 0 Å². The lowest BCUT2D eigenvalue weighted by molar-refractivity contribution is 0.426. The number of hydrogen-bond acceptors (Lipinski definition) is 2. The number of aromatic nitrogens is 2. The molecule has 0 atom stereocenters. The molecule has 1 saturated carbocycles. The van der Waals surface area contributed by atoms with Gasteiger partial charge in [-0.25, -0.2) is 4.98 Å². The molecule has 3 nitrogen and oxygen atoms in total. The Morgan fingerprint density at radius 2 is 1.84 bits per heavy atom. The molecule has 19 heavy (non-hydrogen) atoms. The predicted molar refractivity (Wildman–Crippen MR) is 78.0 cm³/mol. The molecule has 1 aromatic carbocycles. The van der Waals surface area contributed by atoms with Crippen molar-refractivity contribution in [1.82, 2.24) is 9.55 Å². The first-order chi connectivity index (χ1) is 9.33. The molecule has 2 aromatic rings. The molecule has 1 heterocycles. The zero-order chi connectivity index (χ0) is 13.1. The fraction of sp³-hybridized carbons (Fsp3) is 0.438. The molecule has 0 bridgehead atoms. The van der Waals surface area contributed by atoms with Crippen molar-refractivity contribution in [2.24, 2.45) is 0 Å². The first-order valence-corrected chi connectivity index (χ1v) is 7.17. The molecule has 0 aliphatic heterocycles. The third-order valence-corrected chi connectivity index (χ3v) is 4.10. The number of anilines is 1. The van der Waals surface area contributed by atoms with E-state index in [2.05, 4.69) is 21.7 Å². The van der Waals surface area contributed by atoms with Crippen molar-refractivity contribution in [2.75, 3.05) is 5.73 Å². The van der Waals surface area contributed by atoms with Crippen molar-refractivity contribution in [2.45, 2.75) is 44.6 Å². The van der Waals surface area contributed by atoms with Gasteiger partial charge in [0.05, 0.1) is 6.33 Å². The Balaban J connectivity index is 1.77. The molecular formula is C16H21N3. The van der Waals surface area contributed by atoms with E-state index in [0.717, 1.165) is 12.2 Å². The maximum atomic E-state index is 5.73. The number of nitrogens with zero attached hydrogens (tertiary/aromatic N) is 2. The number of imidazole rings is 1. The number of benzene rings is 1. The van der Waals surface area contributed by atoms with E-state index >= 15 is 0 Å². The molecule has 2 N–H and O–H groups in total. The lowest BCUT2D eigenvalue weighted by Gasteiger charge is -2.22. The fourth-order valence-electron chi connectivity index (χ4n) is 3.02. The standard InChI is InChI=1S/C16H21N3/c17-15-8-6-13(7-9-15)11-19-12-18-10-16(19)14-4-2-1-3-5-14/h6-10,12,14H,1-5,11,17H2. The van der Waals surface area contributed by atoms with Crippen LogP contribution < -0.4 is 5.73 Å². The summed E-state index contributed by atoms with van der Waals surface area (Å²) in [7, 11) is 0. The van der Waals surface area contributed by atoms with Crippen molar-refractivity contribution in [3.8, 4) is 0 Å². The molecule has 1 fully saturated rings. The second-order valence-corrected chi connectivity index (χ2v) is 5.52. The van der Waals surface area contributed by atoms with Gasteiger partial charge >= 0.3 is 0 Å². The van der Waals surface area contributed by atoms with Crippen LogP contribution in [-0.4, -0.2) is 9.55 Å². The Bertz CT molecular complexity index is 521. The Labute approximate surface area is 114 Å². The van der Waals surface area contributed by atoms with Gasteiger partial charge in [0.15, 0.2) is 0 Å². The van der Waals surface area contributed by atoms with Crippen LogP contribution in [0, 0.1) is 0 Å². The predicted octanol–water partition coefficient (Wildman–Crippen LogP) is 3.56. The molecule has 0 unspecified atom stereocenters. The maximum absolute atomic E-state index is 5.73. The van der Waals surface area contributed by atoms with Crippen LogP contribution >= 0.6 is 0 Å². The quantitative estimate of drug-likeness (QED) is 0.852. The van der Waals surface area contributed by atoms with Gasteiger partial charge in [-0.2, -0.15) is 0 Å². The topological polar surface area (TPSA) is 43.8 Å². The fourth-order valence-corrected chi connectivity index (χ4v) is 3.02. The van der Waals surface area contributed by atoms with Gasteiger partial charge in [0.1, 0.15) is 0 Å². The highest BCUT2D eigenvalue weighted by Gasteiger charge is 2.18. The third kappa shape index (κ3) is 2.80. The van der Waals surface area contributed by atoms with Crippen LogP contribution in [0.4, 0.5) is 5.69 Å². The minimum atomic E-state index is 0.699. The van der Waals surface area contributed by atoms with Gasteiger partial charge in [0, 0.05) is 30.0 Å². The van der Waals surface area contributed by atoms with Crippen molar-refractivity contribution < 1.29 is 0 Å². The molecule has 0 saturated heterocycles. The highest BCUT2D eigenvalue weighted by molar-refractivity contribution is 5.39. The van der Waals surface area contributed by atoms with Crippen LogP contribution in [-0.2, 0) is 6.54 Å². The van der Waals surface area contributed by atoms with Crippen LogP contribution in [0.3, 0.4) is 0 Å². The van der Waals surface area contributed by atoms with E-state index in [1.807, 2.05) is 24.7 Å². The van der Waals surface area contributed by atoms with Gasteiger partial charge in [-0.15, -0.1) is 0 Å². The second kappa shape index (κ2) is 5.47. The first kappa shape index (κ1) is 12.3. The van der Waals surface area contributed by atoms with Crippen LogP contribution in [0.25, 0.3) is 0 Å². The zero-order valence-corrected chi connectivity index (χ0v) is 11.3. The number of nitrogen functional groups attached to an aromatic ring is 1. The molecule has 1 aliphatic carbocycles. The van der Waals surface area contributed by atoms with Crippen LogP contribution in [0.15, 0.2) is 36.8 Å². The number of nitrogens with two attached hydrogens (primary N) is 1. The van der Waals surface area contributed by atoms with Gasteiger partial charge in [-0.3, -0.25) is 0 Å². The van der Waals surface area contributed by atoms with Gasteiger partial charge < -0.3 is 10.3 Å². The number of rotatable bonds is 3. The van der Waals surface area contributed by atoms with E-state index in [1.54, 1.807) is 0 Å². The molecule has 100 valence electrons. The summed E-state index contributed by atoms with van der Waals surface area (Å²) in [6, 6.07) is 8.12. The Morgan fingerprint density at radius 3 is 2.58 bits per heavy atom. The van der Waals surface area contributed by atoms with Crippen molar-refractivity contribution >= 4 is 5.69 Å². The van der Waals surface area contributed by atoms with E-state index in [1.165, 1.54) is 43.4 Å². The molecule has 3 rings (SSSR count). The summed E-state index contributed by atoms with van der Waals surface area (Å²) >= 11 is 0. The summed E-state index contributed by atoms with van der Waals surface area (Å²) in [5, 5.41) is 0. The average Bonchev–Trinajstić information content (AvgIpc) is 2.90. The monoisotopic (exact) mass is 255 g/mol. The summed E-state index contributed by atoms with van der Waals surface area (Å²) in [5.74, 6) is 0.699. The maximum Gasteiger partial charge on any atom is 0.0951 e. The van der Waals surface area contributed by atoms with Gasteiger partial charge in [-0.1, -0.05) is 31.4 Å². The average molecular weight is 255 g/mol. The molecule has 1 aromatic heterocycles. The van der Waals surface area contributed by atoms with Crippen molar-refractivity contribution in [3.05, 3.63) is 48.0 Å². The lowest BCUT2D eigenvalue weighted by atomic mass is 9.87. The molecular weight excluding hydrogens is 234 g/mol. The summed E-state index contributed by atoms with van der Waals surface area (Å²) in [4.78, 5) is 4.35. The highest BCUT2D eigenvalue weighted by atomic mass is 15.0. The Morgan fingerprint density at radius 1 is 1.11 bits per heavy atom. The minimum absolute atomic E-state index is 0.699.